The monoisotopic (exact) mass is 414 g/mol. The number of alkyl halides is 1. The molecule has 9 heteroatoms. The number of H-pyrrole nitrogens is 1. The van der Waals surface area contributed by atoms with Crippen LogP contribution in [-0.2, 0) is 14.3 Å². The Kier molecular flexibility index (Phi) is 4.86. The molecule has 1 aliphatic rings. The van der Waals surface area contributed by atoms with E-state index in [4.69, 9.17) is 21.1 Å². The minimum absolute atomic E-state index is 0.102. The van der Waals surface area contributed by atoms with Crippen LogP contribution in [0.4, 0.5) is 0 Å². The van der Waals surface area contributed by atoms with Gasteiger partial charge in [-0.2, -0.15) is 0 Å². The number of carbonyl (C=O) groups excluding carboxylic acids is 1. The zero-order valence-corrected chi connectivity index (χ0v) is 13.4. The van der Waals surface area contributed by atoms with Gasteiger partial charge in [-0.1, -0.05) is 34.2 Å². The lowest BCUT2D eigenvalue weighted by molar-refractivity contribution is -0.148. The van der Waals surface area contributed by atoms with E-state index >= 15 is 0 Å². The van der Waals surface area contributed by atoms with E-state index in [1.54, 1.807) is 0 Å². The highest BCUT2D eigenvalue weighted by Crippen LogP contribution is 2.31. The van der Waals surface area contributed by atoms with E-state index in [0.717, 1.165) is 0 Å². The van der Waals surface area contributed by atoms with Gasteiger partial charge in [-0.15, -0.1) is 0 Å². The van der Waals surface area contributed by atoms with Crippen molar-refractivity contribution in [3.63, 3.8) is 0 Å². The molecule has 0 spiro atoms. The summed E-state index contributed by atoms with van der Waals surface area (Å²) in [5, 5.41) is -0.102. The van der Waals surface area contributed by atoms with Crippen LogP contribution in [0.3, 0.4) is 0 Å². The fourth-order valence-electron chi connectivity index (χ4n) is 2.02. The summed E-state index contributed by atoms with van der Waals surface area (Å²) >= 11 is 7.82. The molecule has 1 fully saturated rings. The SMILES string of the molecule is CC(=O)O[C@H]1C[C@H](n2cc(Cl)c(=O)[nH]c2=O)O[C@@H]1CI. The summed E-state index contributed by atoms with van der Waals surface area (Å²) < 4.78 is 12.7. The lowest BCUT2D eigenvalue weighted by Crippen LogP contribution is -2.32. The van der Waals surface area contributed by atoms with Gasteiger partial charge in [0.2, 0.25) is 0 Å². The maximum Gasteiger partial charge on any atom is 0.330 e. The van der Waals surface area contributed by atoms with Gasteiger partial charge in [0, 0.05) is 24.0 Å². The van der Waals surface area contributed by atoms with Crippen molar-refractivity contribution >= 4 is 40.2 Å². The first-order valence-corrected chi connectivity index (χ1v) is 7.72. The highest BCUT2D eigenvalue weighted by Gasteiger charge is 2.38. The molecule has 1 aromatic heterocycles. The van der Waals surface area contributed by atoms with E-state index in [0.29, 0.717) is 10.8 Å². The molecular weight excluding hydrogens is 402 g/mol. The number of hydrogen-bond acceptors (Lipinski definition) is 5. The molecule has 1 saturated heterocycles. The standard InChI is InChI=1S/C11H12ClIN2O5/c1-5(16)19-7-2-9(20-8(7)3-13)15-4-6(12)10(17)14-11(15)18/h4,7-9H,2-3H2,1H3,(H,14,17,18)/t7-,8+,9+/m0/s1. The van der Waals surface area contributed by atoms with E-state index in [1.807, 2.05) is 0 Å². The van der Waals surface area contributed by atoms with Gasteiger partial charge in [0.25, 0.3) is 5.56 Å². The molecule has 3 atom stereocenters. The van der Waals surface area contributed by atoms with Crippen molar-refractivity contribution < 1.29 is 14.3 Å². The zero-order chi connectivity index (χ0) is 14.9. The third-order valence-electron chi connectivity index (χ3n) is 2.88. The second kappa shape index (κ2) is 6.27. The van der Waals surface area contributed by atoms with Crippen LogP contribution in [0.1, 0.15) is 19.6 Å². The molecule has 0 bridgehead atoms. The summed E-state index contributed by atoms with van der Waals surface area (Å²) in [6.07, 6.45) is 0.207. The molecule has 0 unspecified atom stereocenters. The molecule has 0 amide bonds. The number of carbonyl (C=O) groups is 1. The first-order valence-electron chi connectivity index (χ1n) is 5.82. The Labute approximate surface area is 132 Å². The van der Waals surface area contributed by atoms with Crippen molar-refractivity contribution in [3.8, 4) is 0 Å². The van der Waals surface area contributed by atoms with Crippen molar-refractivity contribution in [2.24, 2.45) is 0 Å². The predicted octanol–water partition coefficient (Wildman–Crippen LogP) is 0.844. The molecule has 1 aromatic rings. The quantitative estimate of drug-likeness (QED) is 0.450. The largest absolute Gasteiger partial charge is 0.460 e. The maximum absolute atomic E-state index is 11.8. The second-order valence-corrected chi connectivity index (χ2v) is 5.60. The molecule has 1 N–H and O–H groups in total. The molecule has 110 valence electrons. The van der Waals surface area contributed by atoms with Crippen LogP contribution in [-0.4, -0.2) is 32.2 Å². The van der Waals surface area contributed by atoms with Gasteiger partial charge in [-0.3, -0.25) is 19.1 Å². The normalized spacial score (nSPS) is 25.6. The first kappa shape index (κ1) is 15.5. The van der Waals surface area contributed by atoms with Crippen molar-refractivity contribution in [1.82, 2.24) is 9.55 Å². The van der Waals surface area contributed by atoms with Crippen LogP contribution in [0, 0.1) is 0 Å². The van der Waals surface area contributed by atoms with E-state index in [1.165, 1.54) is 17.7 Å². The third-order valence-corrected chi connectivity index (χ3v) is 4.02. The topological polar surface area (TPSA) is 90.4 Å². The number of rotatable bonds is 3. The number of aromatic nitrogens is 2. The van der Waals surface area contributed by atoms with Gasteiger partial charge in [0.15, 0.2) is 0 Å². The van der Waals surface area contributed by atoms with Crippen LogP contribution < -0.4 is 11.2 Å². The van der Waals surface area contributed by atoms with Gasteiger partial charge < -0.3 is 9.47 Å². The van der Waals surface area contributed by atoms with E-state index < -0.39 is 29.6 Å². The highest BCUT2D eigenvalue weighted by atomic mass is 127. The van der Waals surface area contributed by atoms with E-state index in [-0.39, 0.29) is 11.1 Å². The number of esters is 1. The maximum atomic E-state index is 11.8. The van der Waals surface area contributed by atoms with Crippen molar-refractivity contribution in [2.45, 2.75) is 31.8 Å². The van der Waals surface area contributed by atoms with E-state index in [9.17, 15) is 14.4 Å². The summed E-state index contributed by atoms with van der Waals surface area (Å²) in [6, 6.07) is 0. The predicted molar refractivity (Wildman–Crippen MR) is 79.3 cm³/mol. The summed E-state index contributed by atoms with van der Waals surface area (Å²) in [4.78, 5) is 36.1. The lowest BCUT2D eigenvalue weighted by atomic mass is 10.2. The van der Waals surface area contributed by atoms with E-state index in [2.05, 4.69) is 27.6 Å². The summed E-state index contributed by atoms with van der Waals surface area (Å²) in [5.74, 6) is -0.402. The van der Waals surface area contributed by atoms with Crippen LogP contribution in [0.5, 0.6) is 0 Å². The molecule has 0 aliphatic carbocycles. The molecule has 1 aliphatic heterocycles. The molecule has 7 nitrogen and oxygen atoms in total. The molecule has 0 aromatic carbocycles. The minimum atomic E-state index is -0.645. The summed E-state index contributed by atoms with van der Waals surface area (Å²) in [5.41, 5.74) is -1.26. The molecular formula is C11H12ClIN2O5. The van der Waals surface area contributed by atoms with Crippen LogP contribution >= 0.6 is 34.2 Å². The Bertz CT molecular complexity index is 628. The Morgan fingerprint density at radius 3 is 2.95 bits per heavy atom. The smallest absolute Gasteiger partial charge is 0.330 e. The van der Waals surface area contributed by atoms with Crippen molar-refractivity contribution in [2.75, 3.05) is 4.43 Å². The molecule has 2 heterocycles. The summed E-state index contributed by atoms with van der Waals surface area (Å²) in [7, 11) is 0. The Morgan fingerprint density at radius 1 is 1.65 bits per heavy atom. The molecule has 0 radical (unpaired) electrons. The number of hydrogen-bond donors (Lipinski definition) is 1. The molecule has 20 heavy (non-hydrogen) atoms. The molecule has 0 saturated carbocycles. The minimum Gasteiger partial charge on any atom is -0.460 e. The number of nitrogens with one attached hydrogen (secondary N) is 1. The second-order valence-electron chi connectivity index (χ2n) is 4.31. The van der Waals surface area contributed by atoms with Crippen molar-refractivity contribution in [1.29, 1.82) is 0 Å². The third kappa shape index (κ3) is 3.23. The summed E-state index contributed by atoms with van der Waals surface area (Å²) in [6.45, 7) is 1.32. The lowest BCUT2D eigenvalue weighted by Gasteiger charge is -2.15. The van der Waals surface area contributed by atoms with Gasteiger partial charge in [-0.25, -0.2) is 4.79 Å². The van der Waals surface area contributed by atoms with Gasteiger partial charge >= 0.3 is 11.7 Å². The Hall–Kier alpha value is -0.870. The van der Waals surface area contributed by atoms with Crippen LogP contribution in [0.25, 0.3) is 0 Å². The number of aromatic amines is 1. The fraction of sp³-hybridized carbons (Fsp3) is 0.545. The highest BCUT2D eigenvalue weighted by molar-refractivity contribution is 14.1. The van der Waals surface area contributed by atoms with Crippen LogP contribution in [0.2, 0.25) is 5.02 Å². The fourth-order valence-corrected chi connectivity index (χ4v) is 2.95. The Morgan fingerprint density at radius 2 is 2.35 bits per heavy atom. The number of ether oxygens (including phenoxy) is 2. The van der Waals surface area contributed by atoms with Gasteiger partial charge in [0.05, 0.1) is 0 Å². The zero-order valence-electron chi connectivity index (χ0n) is 10.5. The first-order chi connectivity index (χ1) is 9.42. The van der Waals surface area contributed by atoms with Crippen molar-refractivity contribution in [3.05, 3.63) is 32.1 Å². The van der Waals surface area contributed by atoms with Crippen LogP contribution in [0.15, 0.2) is 15.8 Å². The molecule has 2 rings (SSSR count). The average Bonchev–Trinajstić information content (AvgIpc) is 2.75. The number of halogens is 2. The average molecular weight is 415 g/mol. The van der Waals surface area contributed by atoms with Gasteiger partial charge in [0.1, 0.15) is 23.5 Å². The number of nitrogens with zero attached hydrogens (tertiary/aromatic N) is 1. The van der Waals surface area contributed by atoms with Gasteiger partial charge in [-0.05, 0) is 0 Å². The Balaban J connectivity index is 2.27.